The molecule has 0 spiro atoms. The van der Waals surface area contributed by atoms with Crippen LogP contribution in [-0.4, -0.2) is 62.4 Å². The number of hydrogen-bond acceptors (Lipinski definition) is 6. The molecule has 0 saturated carbocycles. The molecule has 0 aromatic rings. The normalized spacial score (nSPS) is 25.2. The van der Waals surface area contributed by atoms with Crippen molar-refractivity contribution in [3.05, 3.63) is 0 Å². The van der Waals surface area contributed by atoms with Crippen molar-refractivity contribution < 1.29 is 22.4 Å². The molecule has 1 saturated heterocycles. The van der Waals surface area contributed by atoms with Crippen LogP contribution in [0.25, 0.3) is 0 Å². The smallest absolute Gasteiger partial charge is 0.277 e. The molecule has 16 heavy (non-hydrogen) atoms. The SMILES string of the molecule is CS(=O)(=O)CCN(O)NC1CNCC1(F)F. The summed E-state index contributed by atoms with van der Waals surface area (Å²) in [6.07, 6.45) is 1.01. The zero-order chi connectivity index (χ0) is 12.4. The Morgan fingerprint density at radius 1 is 1.62 bits per heavy atom. The van der Waals surface area contributed by atoms with Crippen molar-refractivity contribution in [2.45, 2.75) is 12.0 Å². The predicted octanol–water partition coefficient (Wildman–Crippen LogP) is -1.17. The highest BCUT2D eigenvalue weighted by molar-refractivity contribution is 7.90. The number of halogens is 2. The molecule has 3 N–H and O–H groups in total. The Kier molecular flexibility index (Phi) is 4.18. The summed E-state index contributed by atoms with van der Waals surface area (Å²) in [5, 5.41) is 12.1. The van der Waals surface area contributed by atoms with Crippen LogP contribution in [0.3, 0.4) is 0 Å². The summed E-state index contributed by atoms with van der Waals surface area (Å²) in [5.74, 6) is -3.26. The van der Waals surface area contributed by atoms with Crippen molar-refractivity contribution >= 4 is 9.84 Å². The van der Waals surface area contributed by atoms with E-state index in [1.54, 1.807) is 0 Å². The minimum absolute atomic E-state index is 0.0168. The second-order valence-corrected chi connectivity index (χ2v) is 6.09. The highest BCUT2D eigenvalue weighted by atomic mass is 32.2. The summed E-state index contributed by atoms with van der Waals surface area (Å²) in [5.41, 5.74) is 2.15. The van der Waals surface area contributed by atoms with E-state index < -0.39 is 28.3 Å². The van der Waals surface area contributed by atoms with Gasteiger partial charge < -0.3 is 5.32 Å². The second-order valence-electron chi connectivity index (χ2n) is 3.83. The number of rotatable bonds is 5. The van der Waals surface area contributed by atoms with E-state index in [0.717, 1.165) is 6.26 Å². The standard InChI is InChI=1S/C7H15F2N3O3S/c1-16(14,15)3-2-12(13)11-6-4-10-5-7(6,8)9/h6,10-11,13H,2-5H2,1H3. The van der Waals surface area contributed by atoms with Crippen molar-refractivity contribution in [1.82, 2.24) is 15.9 Å². The van der Waals surface area contributed by atoms with Crippen molar-refractivity contribution in [1.29, 1.82) is 0 Å². The molecule has 1 atom stereocenters. The van der Waals surface area contributed by atoms with E-state index in [4.69, 9.17) is 0 Å². The Balaban J connectivity index is 2.37. The van der Waals surface area contributed by atoms with Crippen LogP contribution in [0.4, 0.5) is 8.78 Å². The zero-order valence-electron chi connectivity index (χ0n) is 8.78. The molecule has 96 valence electrons. The van der Waals surface area contributed by atoms with Crippen LogP contribution < -0.4 is 10.7 Å². The average molecular weight is 259 g/mol. The summed E-state index contributed by atoms with van der Waals surface area (Å²) >= 11 is 0. The molecule has 0 radical (unpaired) electrons. The Labute approximate surface area is 92.5 Å². The summed E-state index contributed by atoms with van der Waals surface area (Å²) in [4.78, 5) is 0. The Morgan fingerprint density at radius 2 is 2.25 bits per heavy atom. The Morgan fingerprint density at radius 3 is 2.69 bits per heavy atom. The van der Waals surface area contributed by atoms with E-state index in [1.807, 2.05) is 0 Å². The van der Waals surface area contributed by atoms with Crippen LogP contribution in [0, 0.1) is 0 Å². The first-order valence-corrected chi connectivity index (χ1v) is 6.75. The first-order chi connectivity index (χ1) is 7.21. The fraction of sp³-hybridized carbons (Fsp3) is 1.00. The molecule has 9 heteroatoms. The number of sulfone groups is 1. The number of hydrazine groups is 1. The molecule has 1 aliphatic heterocycles. The number of nitrogens with one attached hydrogen (secondary N) is 2. The zero-order valence-corrected chi connectivity index (χ0v) is 9.60. The number of hydroxylamine groups is 1. The van der Waals surface area contributed by atoms with Gasteiger partial charge in [-0.1, -0.05) is 0 Å². The molecule has 1 fully saturated rings. The van der Waals surface area contributed by atoms with Crippen LogP contribution in [0.1, 0.15) is 0 Å². The summed E-state index contributed by atoms with van der Waals surface area (Å²) in [6, 6.07) is -1.22. The maximum absolute atomic E-state index is 13.1. The Bertz CT molecular complexity index is 336. The molecule has 1 heterocycles. The van der Waals surface area contributed by atoms with Crippen LogP contribution in [-0.2, 0) is 9.84 Å². The lowest BCUT2D eigenvalue weighted by molar-refractivity contribution is -0.161. The highest BCUT2D eigenvalue weighted by Gasteiger charge is 2.44. The van der Waals surface area contributed by atoms with Gasteiger partial charge >= 0.3 is 0 Å². The third kappa shape index (κ3) is 4.26. The third-order valence-corrected chi connectivity index (χ3v) is 3.12. The van der Waals surface area contributed by atoms with Gasteiger partial charge in [0.1, 0.15) is 15.9 Å². The minimum atomic E-state index is -3.23. The second kappa shape index (κ2) is 4.88. The first kappa shape index (κ1) is 13.7. The summed E-state index contributed by atoms with van der Waals surface area (Å²) in [7, 11) is -3.23. The third-order valence-electron chi connectivity index (χ3n) is 2.20. The van der Waals surface area contributed by atoms with Crippen molar-refractivity contribution in [2.24, 2.45) is 0 Å². The van der Waals surface area contributed by atoms with Gasteiger partial charge in [-0.05, 0) is 0 Å². The van der Waals surface area contributed by atoms with Gasteiger partial charge in [0.05, 0.1) is 18.8 Å². The van der Waals surface area contributed by atoms with E-state index in [2.05, 4.69) is 10.7 Å². The molecule has 1 unspecified atom stereocenters. The van der Waals surface area contributed by atoms with Crippen LogP contribution in [0.2, 0.25) is 0 Å². The molecule has 0 aromatic heterocycles. The van der Waals surface area contributed by atoms with Crippen molar-refractivity contribution in [3.63, 3.8) is 0 Å². The molecule has 0 amide bonds. The van der Waals surface area contributed by atoms with E-state index in [-0.39, 0.29) is 18.8 Å². The van der Waals surface area contributed by atoms with Gasteiger partial charge in [0.15, 0.2) is 0 Å². The molecular weight excluding hydrogens is 244 g/mol. The monoisotopic (exact) mass is 259 g/mol. The maximum Gasteiger partial charge on any atom is 0.277 e. The average Bonchev–Trinajstić information content (AvgIpc) is 2.42. The van der Waals surface area contributed by atoms with E-state index in [0.29, 0.717) is 5.17 Å². The maximum atomic E-state index is 13.1. The van der Waals surface area contributed by atoms with E-state index in [9.17, 15) is 22.4 Å². The first-order valence-electron chi connectivity index (χ1n) is 4.69. The fourth-order valence-electron chi connectivity index (χ4n) is 1.29. The van der Waals surface area contributed by atoms with Gasteiger partial charge in [0, 0.05) is 12.8 Å². The van der Waals surface area contributed by atoms with Crippen LogP contribution >= 0.6 is 0 Å². The molecule has 6 nitrogen and oxygen atoms in total. The largest absolute Gasteiger partial charge is 0.309 e. The van der Waals surface area contributed by atoms with Crippen molar-refractivity contribution in [3.8, 4) is 0 Å². The lowest BCUT2D eigenvalue weighted by Gasteiger charge is -2.24. The number of hydrogen-bond donors (Lipinski definition) is 3. The van der Waals surface area contributed by atoms with Gasteiger partial charge in [-0.3, -0.25) is 5.21 Å². The molecule has 0 bridgehead atoms. The van der Waals surface area contributed by atoms with Gasteiger partial charge in [-0.25, -0.2) is 22.6 Å². The summed E-state index contributed by atoms with van der Waals surface area (Å²) < 4.78 is 47.7. The number of nitrogens with zero attached hydrogens (tertiary/aromatic N) is 1. The fourth-order valence-corrected chi connectivity index (χ4v) is 1.80. The molecule has 0 aliphatic carbocycles. The van der Waals surface area contributed by atoms with Crippen LogP contribution in [0.5, 0.6) is 0 Å². The van der Waals surface area contributed by atoms with Gasteiger partial charge in [0.2, 0.25) is 0 Å². The lowest BCUT2D eigenvalue weighted by atomic mass is 10.2. The topological polar surface area (TPSA) is 81.7 Å². The summed E-state index contributed by atoms with van der Waals surface area (Å²) in [6.45, 7) is -0.696. The predicted molar refractivity (Wildman–Crippen MR) is 52.9 cm³/mol. The van der Waals surface area contributed by atoms with Crippen molar-refractivity contribution in [2.75, 3.05) is 31.6 Å². The molecule has 1 aliphatic rings. The van der Waals surface area contributed by atoms with E-state index in [1.165, 1.54) is 0 Å². The Hall–Kier alpha value is -0.350. The highest BCUT2D eigenvalue weighted by Crippen LogP contribution is 2.21. The van der Waals surface area contributed by atoms with Gasteiger partial charge in [0.25, 0.3) is 5.92 Å². The molecule has 1 rings (SSSR count). The molecular formula is C7H15F2N3O3S. The quantitative estimate of drug-likeness (QED) is 0.540. The van der Waals surface area contributed by atoms with E-state index >= 15 is 0 Å². The van der Waals surface area contributed by atoms with Gasteiger partial charge in [-0.2, -0.15) is 0 Å². The number of alkyl halides is 2. The van der Waals surface area contributed by atoms with Gasteiger partial charge in [-0.15, -0.1) is 5.17 Å². The lowest BCUT2D eigenvalue weighted by Crippen LogP contribution is -2.52. The minimum Gasteiger partial charge on any atom is -0.309 e. The molecule has 0 aromatic carbocycles. The van der Waals surface area contributed by atoms with Crippen LogP contribution in [0.15, 0.2) is 0 Å².